The van der Waals surface area contributed by atoms with Gasteiger partial charge in [-0.25, -0.2) is 0 Å². The zero-order valence-electron chi connectivity index (χ0n) is 10.7. The number of carbonyl (C=O) groups excluding carboxylic acids is 1. The smallest absolute Gasteiger partial charge is 0.257 e. The molecular formula is C17H12N2O. The summed E-state index contributed by atoms with van der Waals surface area (Å²) < 4.78 is 0. The Hall–Kier alpha value is -2.99. The lowest BCUT2D eigenvalue weighted by Gasteiger charge is -2.04. The Morgan fingerprint density at radius 3 is 2.85 bits per heavy atom. The van der Waals surface area contributed by atoms with Crippen LogP contribution in [0.3, 0.4) is 0 Å². The predicted octanol–water partition coefficient (Wildman–Crippen LogP) is 3.40. The number of H-pyrrole nitrogens is 1. The maximum absolute atomic E-state index is 12.3. The average molecular weight is 260 g/mol. The summed E-state index contributed by atoms with van der Waals surface area (Å²) in [5, 5.41) is 3.76. The molecule has 3 aromatic rings. The molecule has 3 rings (SSSR count). The maximum atomic E-state index is 12.3. The van der Waals surface area contributed by atoms with Crippen molar-refractivity contribution in [2.75, 3.05) is 5.32 Å². The van der Waals surface area contributed by atoms with Crippen LogP contribution in [0.15, 0.2) is 54.7 Å². The van der Waals surface area contributed by atoms with Gasteiger partial charge >= 0.3 is 0 Å². The van der Waals surface area contributed by atoms with E-state index in [1.807, 2.05) is 42.5 Å². The molecule has 1 aromatic heterocycles. The number of benzene rings is 2. The first kappa shape index (κ1) is 12.1. The third-order valence-corrected chi connectivity index (χ3v) is 3.12. The lowest BCUT2D eigenvalue weighted by atomic mass is 10.1. The van der Waals surface area contributed by atoms with Crippen LogP contribution in [0.25, 0.3) is 10.9 Å². The number of fused-ring (bicyclic) bond motifs is 1. The molecule has 0 radical (unpaired) electrons. The summed E-state index contributed by atoms with van der Waals surface area (Å²) in [7, 11) is 0. The molecule has 1 heterocycles. The van der Waals surface area contributed by atoms with Crippen LogP contribution in [0.2, 0.25) is 0 Å². The number of para-hydroxylation sites is 1. The highest BCUT2D eigenvalue weighted by molar-refractivity contribution is 6.12. The quantitative estimate of drug-likeness (QED) is 0.681. The first-order chi connectivity index (χ1) is 9.78. The second-order valence-electron chi connectivity index (χ2n) is 4.43. The Labute approximate surface area is 116 Å². The minimum absolute atomic E-state index is 0.156. The summed E-state index contributed by atoms with van der Waals surface area (Å²) in [5.41, 5.74) is 2.99. The Morgan fingerprint density at radius 1 is 1.15 bits per heavy atom. The summed E-state index contributed by atoms with van der Waals surface area (Å²) in [6.45, 7) is 0. The zero-order valence-corrected chi connectivity index (χ0v) is 10.7. The van der Waals surface area contributed by atoms with Crippen molar-refractivity contribution in [3.05, 3.63) is 65.9 Å². The Kier molecular flexibility index (Phi) is 2.98. The first-order valence-electron chi connectivity index (χ1n) is 6.22. The van der Waals surface area contributed by atoms with Crippen LogP contribution in [0.4, 0.5) is 5.69 Å². The second-order valence-corrected chi connectivity index (χ2v) is 4.43. The van der Waals surface area contributed by atoms with Crippen molar-refractivity contribution in [2.45, 2.75) is 0 Å². The van der Waals surface area contributed by atoms with Crippen LogP contribution in [-0.2, 0) is 0 Å². The van der Waals surface area contributed by atoms with Crippen molar-refractivity contribution in [1.82, 2.24) is 4.98 Å². The highest BCUT2D eigenvalue weighted by Crippen LogP contribution is 2.19. The highest BCUT2D eigenvalue weighted by atomic mass is 16.1. The van der Waals surface area contributed by atoms with Gasteiger partial charge in [0.15, 0.2) is 0 Å². The fraction of sp³-hybridized carbons (Fsp3) is 0. The van der Waals surface area contributed by atoms with E-state index in [0.717, 1.165) is 16.5 Å². The fourth-order valence-electron chi connectivity index (χ4n) is 2.14. The van der Waals surface area contributed by atoms with Gasteiger partial charge in [-0.2, -0.15) is 0 Å². The lowest BCUT2D eigenvalue weighted by molar-refractivity contribution is 0.102. The monoisotopic (exact) mass is 260 g/mol. The highest BCUT2D eigenvalue weighted by Gasteiger charge is 2.11. The van der Waals surface area contributed by atoms with Crippen molar-refractivity contribution in [2.24, 2.45) is 0 Å². The maximum Gasteiger partial charge on any atom is 0.257 e. The fourth-order valence-corrected chi connectivity index (χ4v) is 2.14. The van der Waals surface area contributed by atoms with E-state index in [9.17, 15) is 4.79 Å². The third kappa shape index (κ3) is 2.15. The van der Waals surface area contributed by atoms with Gasteiger partial charge < -0.3 is 10.3 Å². The summed E-state index contributed by atoms with van der Waals surface area (Å²) >= 11 is 0. The molecule has 2 aromatic carbocycles. The van der Waals surface area contributed by atoms with Crippen LogP contribution < -0.4 is 5.32 Å². The molecule has 96 valence electrons. The number of hydrogen-bond acceptors (Lipinski definition) is 1. The molecule has 0 bridgehead atoms. The van der Waals surface area contributed by atoms with Gasteiger partial charge in [-0.1, -0.05) is 30.2 Å². The third-order valence-electron chi connectivity index (χ3n) is 3.12. The van der Waals surface area contributed by atoms with E-state index >= 15 is 0 Å². The number of carbonyl (C=O) groups is 1. The van der Waals surface area contributed by atoms with Crippen LogP contribution in [0, 0.1) is 12.3 Å². The number of hydrogen-bond donors (Lipinski definition) is 2. The van der Waals surface area contributed by atoms with Crippen molar-refractivity contribution in [3.8, 4) is 12.3 Å². The number of aromatic amines is 1. The lowest BCUT2D eigenvalue weighted by Crippen LogP contribution is -2.11. The number of rotatable bonds is 2. The molecule has 0 saturated carbocycles. The van der Waals surface area contributed by atoms with E-state index in [1.54, 1.807) is 12.3 Å². The van der Waals surface area contributed by atoms with Gasteiger partial charge in [0.05, 0.1) is 5.56 Å². The van der Waals surface area contributed by atoms with E-state index in [4.69, 9.17) is 6.42 Å². The summed E-state index contributed by atoms with van der Waals surface area (Å²) in [5.74, 6) is 2.39. The van der Waals surface area contributed by atoms with Gasteiger partial charge in [-0.15, -0.1) is 6.42 Å². The molecule has 3 nitrogen and oxygen atoms in total. The Balaban J connectivity index is 1.91. The normalized spacial score (nSPS) is 10.2. The van der Waals surface area contributed by atoms with Gasteiger partial charge in [-0.05, 0) is 24.3 Å². The number of aromatic nitrogens is 1. The molecular weight excluding hydrogens is 248 g/mol. The van der Waals surface area contributed by atoms with E-state index < -0.39 is 0 Å². The minimum Gasteiger partial charge on any atom is -0.360 e. The topological polar surface area (TPSA) is 44.9 Å². The summed E-state index contributed by atoms with van der Waals surface area (Å²) in [6, 6.07) is 14.9. The van der Waals surface area contributed by atoms with Gasteiger partial charge in [0.1, 0.15) is 0 Å². The average Bonchev–Trinajstić information content (AvgIpc) is 2.91. The molecule has 0 unspecified atom stereocenters. The Bertz CT molecular complexity index is 824. The summed E-state index contributed by atoms with van der Waals surface area (Å²) in [4.78, 5) is 15.4. The van der Waals surface area contributed by atoms with Crippen molar-refractivity contribution >= 4 is 22.5 Å². The van der Waals surface area contributed by atoms with Crippen LogP contribution >= 0.6 is 0 Å². The molecule has 1 amide bonds. The molecule has 0 aliphatic carbocycles. The number of amides is 1. The van der Waals surface area contributed by atoms with Crippen molar-refractivity contribution in [3.63, 3.8) is 0 Å². The van der Waals surface area contributed by atoms with Crippen LogP contribution in [-0.4, -0.2) is 10.9 Å². The molecule has 20 heavy (non-hydrogen) atoms. The minimum atomic E-state index is -0.156. The largest absolute Gasteiger partial charge is 0.360 e. The van der Waals surface area contributed by atoms with E-state index in [-0.39, 0.29) is 5.91 Å². The number of anilines is 1. The zero-order chi connectivity index (χ0) is 13.9. The number of nitrogens with one attached hydrogen (secondary N) is 2. The molecule has 2 N–H and O–H groups in total. The van der Waals surface area contributed by atoms with Gasteiger partial charge in [0.2, 0.25) is 0 Å². The van der Waals surface area contributed by atoms with Gasteiger partial charge in [0.25, 0.3) is 5.91 Å². The van der Waals surface area contributed by atoms with Crippen molar-refractivity contribution in [1.29, 1.82) is 0 Å². The molecule has 0 spiro atoms. The van der Waals surface area contributed by atoms with Crippen LogP contribution in [0.1, 0.15) is 15.9 Å². The molecule has 0 aliphatic rings. The van der Waals surface area contributed by atoms with E-state index in [1.165, 1.54) is 0 Å². The molecule has 0 aliphatic heterocycles. The van der Waals surface area contributed by atoms with Gasteiger partial charge in [0, 0.05) is 28.4 Å². The van der Waals surface area contributed by atoms with Crippen molar-refractivity contribution < 1.29 is 4.79 Å². The van der Waals surface area contributed by atoms with E-state index in [0.29, 0.717) is 11.3 Å². The molecule has 0 fully saturated rings. The molecule has 0 atom stereocenters. The molecule has 0 saturated heterocycles. The second kappa shape index (κ2) is 4.94. The molecule has 3 heteroatoms. The SMILES string of the molecule is C#Cc1cccc(NC(=O)c2c[nH]c3ccccc23)c1. The van der Waals surface area contributed by atoms with Crippen LogP contribution in [0.5, 0.6) is 0 Å². The van der Waals surface area contributed by atoms with Gasteiger partial charge in [-0.3, -0.25) is 4.79 Å². The predicted molar refractivity (Wildman–Crippen MR) is 80.6 cm³/mol. The number of terminal acetylenes is 1. The standard InChI is InChI=1S/C17H12N2O/c1-2-12-6-5-7-13(10-12)19-17(20)15-11-18-16-9-4-3-8-14(15)16/h1,3-11,18H,(H,19,20). The van der Waals surface area contributed by atoms with E-state index in [2.05, 4.69) is 16.2 Å². The Morgan fingerprint density at radius 2 is 2.00 bits per heavy atom. The summed E-state index contributed by atoms with van der Waals surface area (Å²) in [6.07, 6.45) is 7.06. The first-order valence-corrected chi connectivity index (χ1v) is 6.22.